The quantitative estimate of drug-likeness (QED) is 0.858. The van der Waals surface area contributed by atoms with Crippen molar-refractivity contribution in [3.05, 3.63) is 29.8 Å². The van der Waals surface area contributed by atoms with Crippen molar-refractivity contribution in [3.8, 4) is 5.75 Å². The fourth-order valence-corrected chi connectivity index (χ4v) is 1.53. The maximum atomic E-state index is 12.1. The molecular formula is C15H23NO3. The average Bonchev–Trinajstić information content (AvgIpc) is 2.35. The van der Waals surface area contributed by atoms with Crippen molar-refractivity contribution in [3.63, 3.8) is 0 Å². The zero-order valence-electron chi connectivity index (χ0n) is 12.1. The molecule has 1 aromatic carbocycles. The van der Waals surface area contributed by atoms with E-state index in [1.54, 1.807) is 18.2 Å². The van der Waals surface area contributed by atoms with Crippen LogP contribution in [0.3, 0.4) is 0 Å². The van der Waals surface area contributed by atoms with E-state index < -0.39 is 6.10 Å². The van der Waals surface area contributed by atoms with Gasteiger partial charge in [0.05, 0.1) is 18.3 Å². The van der Waals surface area contributed by atoms with E-state index in [0.717, 1.165) is 0 Å². The molecule has 4 heteroatoms. The summed E-state index contributed by atoms with van der Waals surface area (Å²) in [6.45, 7) is 8.39. The van der Waals surface area contributed by atoms with Crippen LogP contribution >= 0.6 is 0 Å². The van der Waals surface area contributed by atoms with Gasteiger partial charge in [-0.3, -0.25) is 4.79 Å². The SMILES string of the molecule is CCOc1ccccc1C(=O)NCC(O)C(C)(C)C. The van der Waals surface area contributed by atoms with Crippen LogP contribution in [0.4, 0.5) is 0 Å². The van der Waals surface area contributed by atoms with Gasteiger partial charge in [-0.25, -0.2) is 0 Å². The van der Waals surface area contributed by atoms with Gasteiger partial charge in [0.15, 0.2) is 0 Å². The van der Waals surface area contributed by atoms with Crippen LogP contribution < -0.4 is 10.1 Å². The molecule has 4 nitrogen and oxygen atoms in total. The summed E-state index contributed by atoms with van der Waals surface area (Å²) >= 11 is 0. The molecule has 1 atom stereocenters. The highest BCUT2D eigenvalue weighted by Crippen LogP contribution is 2.20. The molecule has 19 heavy (non-hydrogen) atoms. The first-order valence-corrected chi connectivity index (χ1v) is 6.54. The lowest BCUT2D eigenvalue weighted by atomic mass is 9.89. The number of ether oxygens (including phenoxy) is 1. The first-order chi connectivity index (χ1) is 8.86. The fourth-order valence-electron chi connectivity index (χ4n) is 1.53. The maximum Gasteiger partial charge on any atom is 0.255 e. The molecule has 1 aromatic rings. The number of nitrogens with one attached hydrogen (secondary N) is 1. The summed E-state index contributed by atoms with van der Waals surface area (Å²) in [7, 11) is 0. The van der Waals surface area contributed by atoms with Crippen LogP contribution in [0.15, 0.2) is 24.3 Å². The van der Waals surface area contributed by atoms with Gasteiger partial charge in [-0.1, -0.05) is 32.9 Å². The second kappa shape index (κ2) is 6.57. The minimum Gasteiger partial charge on any atom is -0.493 e. The summed E-state index contributed by atoms with van der Waals surface area (Å²) in [5.74, 6) is 0.333. The topological polar surface area (TPSA) is 58.6 Å². The molecule has 0 bridgehead atoms. The van der Waals surface area contributed by atoms with E-state index in [9.17, 15) is 9.90 Å². The molecule has 0 spiro atoms. The van der Waals surface area contributed by atoms with Crippen LogP contribution in [-0.2, 0) is 0 Å². The van der Waals surface area contributed by atoms with Crippen LogP contribution in [0.2, 0.25) is 0 Å². The van der Waals surface area contributed by atoms with Crippen molar-refractivity contribution < 1.29 is 14.6 Å². The van der Waals surface area contributed by atoms with Crippen molar-refractivity contribution in [2.75, 3.05) is 13.2 Å². The third kappa shape index (κ3) is 4.56. The number of aliphatic hydroxyl groups excluding tert-OH is 1. The number of benzene rings is 1. The first kappa shape index (κ1) is 15.5. The van der Waals surface area contributed by atoms with E-state index in [1.807, 2.05) is 33.8 Å². The lowest BCUT2D eigenvalue weighted by Gasteiger charge is -2.26. The number of amides is 1. The van der Waals surface area contributed by atoms with Crippen LogP contribution in [-0.4, -0.2) is 30.3 Å². The Bertz CT molecular complexity index is 424. The number of aliphatic hydroxyl groups is 1. The predicted molar refractivity (Wildman–Crippen MR) is 75.4 cm³/mol. The Morgan fingerprint density at radius 3 is 2.58 bits per heavy atom. The molecule has 0 fully saturated rings. The molecule has 0 aliphatic heterocycles. The minimum absolute atomic E-state index is 0.225. The predicted octanol–water partition coefficient (Wildman–Crippen LogP) is 2.22. The van der Waals surface area contributed by atoms with Crippen LogP contribution in [0.5, 0.6) is 5.75 Å². The van der Waals surface area contributed by atoms with Gasteiger partial charge in [-0.05, 0) is 24.5 Å². The average molecular weight is 265 g/mol. The van der Waals surface area contributed by atoms with E-state index in [-0.39, 0.29) is 17.9 Å². The van der Waals surface area contributed by atoms with E-state index >= 15 is 0 Å². The van der Waals surface area contributed by atoms with E-state index in [1.165, 1.54) is 0 Å². The van der Waals surface area contributed by atoms with Crippen molar-refractivity contribution in [2.24, 2.45) is 5.41 Å². The second-order valence-electron chi connectivity index (χ2n) is 5.52. The van der Waals surface area contributed by atoms with Crippen LogP contribution in [0, 0.1) is 5.41 Å². The molecule has 0 saturated heterocycles. The standard InChI is InChI=1S/C15H23NO3/c1-5-19-12-9-7-6-8-11(12)14(18)16-10-13(17)15(2,3)4/h6-9,13,17H,5,10H2,1-4H3,(H,16,18). The van der Waals surface area contributed by atoms with Crippen molar-refractivity contribution in [1.29, 1.82) is 0 Å². The summed E-state index contributed by atoms with van der Waals surface area (Å²) in [5, 5.41) is 12.6. The van der Waals surface area contributed by atoms with Crippen molar-refractivity contribution >= 4 is 5.91 Å². The summed E-state index contributed by atoms with van der Waals surface area (Å²) < 4.78 is 5.41. The smallest absolute Gasteiger partial charge is 0.255 e. The third-order valence-electron chi connectivity index (χ3n) is 2.89. The van der Waals surface area contributed by atoms with Crippen molar-refractivity contribution in [1.82, 2.24) is 5.32 Å². The van der Waals surface area contributed by atoms with Gasteiger partial charge in [-0.2, -0.15) is 0 Å². The number of hydrogen-bond donors (Lipinski definition) is 2. The monoisotopic (exact) mass is 265 g/mol. The van der Waals surface area contributed by atoms with E-state index in [2.05, 4.69) is 5.32 Å². The number of carbonyl (C=O) groups is 1. The normalized spacial score (nSPS) is 12.9. The molecule has 0 aliphatic carbocycles. The van der Waals surface area contributed by atoms with Gasteiger partial charge >= 0.3 is 0 Å². The lowest BCUT2D eigenvalue weighted by molar-refractivity contribution is 0.0586. The maximum absolute atomic E-state index is 12.1. The molecule has 0 aliphatic rings. The Kier molecular flexibility index (Phi) is 5.36. The molecule has 0 heterocycles. The van der Waals surface area contributed by atoms with E-state index in [4.69, 9.17) is 4.74 Å². The number of carbonyl (C=O) groups excluding carboxylic acids is 1. The summed E-state index contributed by atoms with van der Waals surface area (Å²) in [6, 6.07) is 7.09. The second-order valence-corrected chi connectivity index (χ2v) is 5.52. The molecule has 0 radical (unpaired) electrons. The zero-order chi connectivity index (χ0) is 14.5. The Morgan fingerprint density at radius 1 is 1.37 bits per heavy atom. The summed E-state index contributed by atoms with van der Waals surface area (Å²) in [4.78, 5) is 12.1. The molecule has 1 rings (SSSR count). The molecule has 1 unspecified atom stereocenters. The lowest BCUT2D eigenvalue weighted by Crippen LogP contribution is -2.39. The van der Waals surface area contributed by atoms with Gasteiger partial charge in [0.25, 0.3) is 5.91 Å². The number of hydrogen-bond acceptors (Lipinski definition) is 3. The van der Waals surface area contributed by atoms with Gasteiger partial charge in [0.1, 0.15) is 5.75 Å². The fraction of sp³-hybridized carbons (Fsp3) is 0.533. The Labute approximate surface area is 114 Å². The number of rotatable bonds is 5. The van der Waals surface area contributed by atoms with Crippen LogP contribution in [0.25, 0.3) is 0 Å². The van der Waals surface area contributed by atoms with Gasteiger partial charge in [0.2, 0.25) is 0 Å². The largest absolute Gasteiger partial charge is 0.493 e. The highest BCUT2D eigenvalue weighted by Gasteiger charge is 2.23. The van der Waals surface area contributed by atoms with Crippen molar-refractivity contribution in [2.45, 2.75) is 33.8 Å². The Morgan fingerprint density at radius 2 is 2.00 bits per heavy atom. The number of para-hydroxylation sites is 1. The molecule has 2 N–H and O–H groups in total. The molecule has 0 saturated carbocycles. The minimum atomic E-state index is -0.587. The van der Waals surface area contributed by atoms with E-state index in [0.29, 0.717) is 17.9 Å². The highest BCUT2D eigenvalue weighted by molar-refractivity contribution is 5.96. The molecule has 106 valence electrons. The highest BCUT2D eigenvalue weighted by atomic mass is 16.5. The summed E-state index contributed by atoms with van der Waals surface area (Å²) in [5.41, 5.74) is 0.234. The first-order valence-electron chi connectivity index (χ1n) is 6.54. The summed E-state index contributed by atoms with van der Waals surface area (Å²) in [6.07, 6.45) is -0.587. The van der Waals surface area contributed by atoms with Gasteiger partial charge in [0, 0.05) is 6.54 Å². The van der Waals surface area contributed by atoms with Gasteiger partial charge in [-0.15, -0.1) is 0 Å². The molecule has 1 amide bonds. The van der Waals surface area contributed by atoms with Crippen LogP contribution in [0.1, 0.15) is 38.1 Å². The van der Waals surface area contributed by atoms with Gasteiger partial charge < -0.3 is 15.2 Å². The molecular weight excluding hydrogens is 242 g/mol. The third-order valence-corrected chi connectivity index (χ3v) is 2.89. The Balaban J connectivity index is 2.69. The Hall–Kier alpha value is -1.55. The zero-order valence-corrected chi connectivity index (χ0v) is 12.1. The molecule has 0 aromatic heterocycles.